The summed E-state index contributed by atoms with van der Waals surface area (Å²) in [5, 5.41) is 6.92. The predicted molar refractivity (Wildman–Crippen MR) is 203 cm³/mol. The summed E-state index contributed by atoms with van der Waals surface area (Å²) in [6.45, 7) is 0. The zero-order valence-electron chi connectivity index (χ0n) is 26.6. The van der Waals surface area contributed by atoms with Crippen LogP contribution in [0.4, 0.5) is 5.69 Å². The highest BCUT2D eigenvalue weighted by atomic mass is 32.1. The lowest BCUT2D eigenvalue weighted by Gasteiger charge is -2.26. The summed E-state index contributed by atoms with van der Waals surface area (Å²) in [5.74, 6) is 2.54. The molecule has 4 heterocycles. The van der Waals surface area contributed by atoms with Gasteiger partial charge in [-0.15, -0.1) is 11.3 Å². The predicted octanol–water partition coefficient (Wildman–Crippen LogP) is 10.8. The molecule has 0 amide bonds. The number of hydrogen-bond acceptors (Lipinski definition) is 7. The second kappa shape index (κ2) is 11.6. The fourth-order valence-electron chi connectivity index (χ4n) is 6.83. The standard InChI is InChI=1S/C43H27N5OS/c1-4-14-26(15-5-1)37-39-38(31-21-11-13-23-35(31)50-39)45-42(44-37)29-24-32(36-30-20-10-12-22-33(30)49-34(36)25-29)43-47-40(27-16-6-2-7-17-27)46-41(48-43)28-18-8-3-9-19-28/h1-25,37H,(H,44,45). The maximum Gasteiger partial charge on any atom is 0.164 e. The van der Waals surface area contributed by atoms with Crippen molar-refractivity contribution in [3.8, 4) is 34.2 Å². The molecule has 0 bridgehead atoms. The molecule has 10 rings (SSSR count). The molecule has 6 aromatic carbocycles. The Labute approximate surface area is 291 Å². The largest absolute Gasteiger partial charge is 0.456 e. The number of hydrogen-bond donors (Lipinski definition) is 1. The van der Waals surface area contributed by atoms with Crippen LogP contribution in [-0.2, 0) is 0 Å². The molecule has 0 fully saturated rings. The van der Waals surface area contributed by atoms with E-state index in [1.165, 1.54) is 15.1 Å². The van der Waals surface area contributed by atoms with E-state index in [1.807, 2.05) is 78.9 Å². The lowest BCUT2D eigenvalue weighted by atomic mass is 9.98. The summed E-state index contributed by atoms with van der Waals surface area (Å²) in [6.07, 6.45) is 0. The van der Waals surface area contributed by atoms with Gasteiger partial charge in [0.25, 0.3) is 0 Å². The molecule has 1 aliphatic rings. The van der Waals surface area contributed by atoms with E-state index in [4.69, 9.17) is 24.4 Å². The fraction of sp³-hybridized carbons (Fsp3) is 0.0233. The summed E-state index contributed by atoms with van der Waals surface area (Å²) in [7, 11) is 0. The van der Waals surface area contributed by atoms with E-state index in [9.17, 15) is 0 Å². The molecule has 1 N–H and O–H groups in total. The molecule has 1 unspecified atom stereocenters. The first kappa shape index (κ1) is 28.6. The van der Waals surface area contributed by atoms with Crippen LogP contribution in [0.25, 0.3) is 66.2 Å². The van der Waals surface area contributed by atoms with Gasteiger partial charge in [0.05, 0.1) is 16.6 Å². The van der Waals surface area contributed by atoms with Crippen LogP contribution < -0.4 is 5.32 Å². The molecule has 0 aliphatic carbocycles. The van der Waals surface area contributed by atoms with Gasteiger partial charge in [-0.05, 0) is 29.8 Å². The second-order valence-corrected chi connectivity index (χ2v) is 13.4. The van der Waals surface area contributed by atoms with E-state index in [2.05, 4.69) is 78.1 Å². The van der Waals surface area contributed by atoms with Crippen molar-refractivity contribution in [2.45, 2.75) is 6.04 Å². The van der Waals surface area contributed by atoms with Crippen molar-refractivity contribution in [1.82, 2.24) is 20.3 Å². The maximum atomic E-state index is 6.56. The zero-order valence-corrected chi connectivity index (χ0v) is 27.4. The molecule has 6 nitrogen and oxygen atoms in total. The third-order valence-corrected chi connectivity index (χ3v) is 10.4. The lowest BCUT2D eigenvalue weighted by molar-refractivity contribution is 0.668. The van der Waals surface area contributed by atoms with Gasteiger partial charge in [0, 0.05) is 43.1 Å². The number of furan rings is 1. The van der Waals surface area contributed by atoms with Gasteiger partial charge in [-0.1, -0.05) is 127 Å². The van der Waals surface area contributed by atoms with E-state index in [0.717, 1.165) is 61.1 Å². The SMILES string of the molecule is c1ccc(-c2nc(-c3ccccc3)nc(-c3cc(C4=Nc5c(sc6ccccc56)C(c5ccccc5)N4)cc4oc5ccccc5c34)n2)cc1. The number of aliphatic imine (C=N–C) groups is 1. The average molecular weight is 662 g/mol. The molecule has 236 valence electrons. The summed E-state index contributed by atoms with van der Waals surface area (Å²) in [6, 6.07) is 51.5. The highest BCUT2D eigenvalue weighted by molar-refractivity contribution is 7.19. The molecular formula is C43H27N5OS. The normalized spacial score (nSPS) is 14.1. The van der Waals surface area contributed by atoms with E-state index >= 15 is 0 Å². The molecule has 1 aliphatic heterocycles. The van der Waals surface area contributed by atoms with Gasteiger partial charge in [0.2, 0.25) is 0 Å². The van der Waals surface area contributed by atoms with Crippen molar-refractivity contribution in [3.05, 3.63) is 168 Å². The monoisotopic (exact) mass is 661 g/mol. The summed E-state index contributed by atoms with van der Waals surface area (Å²) in [4.78, 5) is 21.7. The Kier molecular flexibility index (Phi) is 6.63. The minimum Gasteiger partial charge on any atom is -0.456 e. The van der Waals surface area contributed by atoms with Crippen molar-refractivity contribution >= 4 is 54.9 Å². The van der Waals surface area contributed by atoms with Crippen LogP contribution in [0.3, 0.4) is 0 Å². The van der Waals surface area contributed by atoms with Gasteiger partial charge >= 0.3 is 0 Å². The van der Waals surface area contributed by atoms with Gasteiger partial charge in [-0.2, -0.15) is 0 Å². The van der Waals surface area contributed by atoms with Crippen molar-refractivity contribution < 1.29 is 4.42 Å². The number of benzene rings is 6. The number of fused-ring (bicyclic) bond motifs is 6. The van der Waals surface area contributed by atoms with Gasteiger partial charge in [0.15, 0.2) is 17.5 Å². The van der Waals surface area contributed by atoms with Crippen molar-refractivity contribution in [3.63, 3.8) is 0 Å². The highest BCUT2D eigenvalue weighted by Crippen LogP contribution is 2.46. The Balaban J connectivity index is 1.24. The number of para-hydroxylation sites is 1. The number of rotatable bonds is 5. The van der Waals surface area contributed by atoms with Crippen LogP contribution in [0.5, 0.6) is 0 Å². The molecule has 0 saturated carbocycles. The van der Waals surface area contributed by atoms with Crippen LogP contribution in [0.1, 0.15) is 22.0 Å². The minimum absolute atomic E-state index is 0.0718. The smallest absolute Gasteiger partial charge is 0.164 e. The average Bonchev–Trinajstić information content (AvgIpc) is 3.76. The number of amidine groups is 1. The number of aromatic nitrogens is 3. The Bertz CT molecular complexity index is 2680. The molecular weight excluding hydrogens is 635 g/mol. The topological polar surface area (TPSA) is 76.2 Å². The Morgan fingerprint density at radius 1 is 0.540 bits per heavy atom. The quantitative estimate of drug-likeness (QED) is 0.199. The number of thiophene rings is 1. The van der Waals surface area contributed by atoms with Crippen LogP contribution in [0.15, 0.2) is 161 Å². The molecule has 1 atom stereocenters. The third-order valence-electron chi connectivity index (χ3n) is 9.19. The van der Waals surface area contributed by atoms with Crippen molar-refractivity contribution in [2.24, 2.45) is 4.99 Å². The summed E-state index contributed by atoms with van der Waals surface area (Å²) in [5.41, 5.74) is 7.28. The Hall–Kier alpha value is -6.44. The molecule has 0 saturated heterocycles. The second-order valence-electron chi connectivity index (χ2n) is 12.3. The van der Waals surface area contributed by atoms with Crippen LogP contribution >= 0.6 is 11.3 Å². The number of nitrogens with zero attached hydrogens (tertiary/aromatic N) is 4. The van der Waals surface area contributed by atoms with E-state index in [-0.39, 0.29) is 6.04 Å². The first-order valence-corrected chi connectivity index (χ1v) is 17.3. The zero-order chi connectivity index (χ0) is 33.0. The molecule has 50 heavy (non-hydrogen) atoms. The van der Waals surface area contributed by atoms with Gasteiger partial charge in [0.1, 0.15) is 17.0 Å². The van der Waals surface area contributed by atoms with Gasteiger partial charge in [-0.3, -0.25) is 0 Å². The Morgan fingerprint density at radius 2 is 1.14 bits per heavy atom. The first-order chi connectivity index (χ1) is 24.8. The molecule has 3 aromatic heterocycles. The van der Waals surface area contributed by atoms with E-state index < -0.39 is 0 Å². The molecule has 0 radical (unpaired) electrons. The Morgan fingerprint density at radius 3 is 1.86 bits per heavy atom. The van der Waals surface area contributed by atoms with Crippen LogP contribution in [0, 0.1) is 0 Å². The van der Waals surface area contributed by atoms with E-state index in [1.54, 1.807) is 11.3 Å². The summed E-state index contributed by atoms with van der Waals surface area (Å²) >= 11 is 1.79. The van der Waals surface area contributed by atoms with Gasteiger partial charge in [-0.25, -0.2) is 19.9 Å². The van der Waals surface area contributed by atoms with Crippen molar-refractivity contribution in [1.29, 1.82) is 0 Å². The maximum absolute atomic E-state index is 6.56. The van der Waals surface area contributed by atoms with Crippen LogP contribution in [0.2, 0.25) is 0 Å². The third kappa shape index (κ3) is 4.78. The van der Waals surface area contributed by atoms with Gasteiger partial charge < -0.3 is 9.73 Å². The molecule has 9 aromatic rings. The fourth-order valence-corrected chi connectivity index (χ4v) is 8.06. The molecule has 7 heteroatoms. The first-order valence-electron chi connectivity index (χ1n) is 16.5. The van der Waals surface area contributed by atoms with Crippen LogP contribution in [-0.4, -0.2) is 20.8 Å². The lowest BCUT2D eigenvalue weighted by Crippen LogP contribution is -2.32. The highest BCUT2D eigenvalue weighted by Gasteiger charge is 2.29. The van der Waals surface area contributed by atoms with Crippen molar-refractivity contribution in [2.75, 3.05) is 0 Å². The summed E-state index contributed by atoms with van der Waals surface area (Å²) < 4.78 is 7.77. The van der Waals surface area contributed by atoms with E-state index in [0.29, 0.717) is 17.5 Å². The molecule has 0 spiro atoms. The minimum atomic E-state index is -0.0718. The number of nitrogens with one attached hydrogen (secondary N) is 1.